The summed E-state index contributed by atoms with van der Waals surface area (Å²) in [6.45, 7) is 4.99. The van der Waals surface area contributed by atoms with E-state index < -0.39 is 18.0 Å². The molecule has 2 heterocycles. The number of thiazole rings is 1. The van der Waals surface area contributed by atoms with E-state index in [1.54, 1.807) is 38.1 Å². The standard InChI is InChI=1S/C28H26N2O6S/c1-5-35-27(33)25-17(2)29-28-30(21(25)13-11-19-9-7-6-8-10-19)26(32)24(37-28)16-20-12-14-22(36-18(3)31)23(15-20)34-4/h6-16,21H,5H2,1-4H3/b13-11+,24-16?/t21-/m1/s1. The van der Waals surface area contributed by atoms with Gasteiger partial charge in [0, 0.05) is 6.92 Å². The molecule has 0 aliphatic carbocycles. The van der Waals surface area contributed by atoms with Crippen LogP contribution in [-0.2, 0) is 14.3 Å². The van der Waals surface area contributed by atoms with Gasteiger partial charge in [-0.05, 0) is 43.2 Å². The summed E-state index contributed by atoms with van der Waals surface area (Å²) in [7, 11) is 1.47. The Morgan fingerprint density at radius 2 is 1.86 bits per heavy atom. The highest BCUT2D eigenvalue weighted by atomic mass is 32.1. The molecule has 190 valence electrons. The first kappa shape index (κ1) is 25.8. The topological polar surface area (TPSA) is 96.2 Å². The van der Waals surface area contributed by atoms with Crippen LogP contribution in [0.1, 0.15) is 37.9 Å². The summed E-state index contributed by atoms with van der Waals surface area (Å²) in [5, 5.41) is 0. The molecule has 0 spiro atoms. The van der Waals surface area contributed by atoms with Gasteiger partial charge in [0.15, 0.2) is 16.3 Å². The van der Waals surface area contributed by atoms with Gasteiger partial charge in [-0.3, -0.25) is 14.2 Å². The van der Waals surface area contributed by atoms with E-state index in [-0.39, 0.29) is 17.9 Å². The molecule has 1 aliphatic heterocycles. The molecule has 37 heavy (non-hydrogen) atoms. The maximum atomic E-state index is 13.6. The summed E-state index contributed by atoms with van der Waals surface area (Å²) in [6.07, 6.45) is 5.40. The van der Waals surface area contributed by atoms with Crippen LogP contribution in [0.3, 0.4) is 0 Å². The van der Waals surface area contributed by atoms with Crippen molar-refractivity contribution in [2.45, 2.75) is 26.8 Å². The number of allylic oxidation sites excluding steroid dienone is 2. The highest BCUT2D eigenvalue weighted by molar-refractivity contribution is 7.07. The average molecular weight is 519 g/mol. The zero-order valence-corrected chi connectivity index (χ0v) is 21.7. The number of esters is 2. The maximum absolute atomic E-state index is 13.6. The van der Waals surface area contributed by atoms with Crippen LogP contribution in [-0.4, -0.2) is 30.2 Å². The van der Waals surface area contributed by atoms with Crippen molar-refractivity contribution in [3.63, 3.8) is 0 Å². The normalized spacial score (nSPS) is 15.4. The fourth-order valence-corrected chi connectivity index (χ4v) is 5.00. The molecule has 1 atom stereocenters. The summed E-state index contributed by atoms with van der Waals surface area (Å²) >= 11 is 1.22. The fourth-order valence-electron chi connectivity index (χ4n) is 3.95. The fraction of sp³-hybridized carbons (Fsp3) is 0.214. The monoisotopic (exact) mass is 518 g/mol. The molecule has 0 fully saturated rings. The Labute approximate surface area is 217 Å². The number of hydrogen-bond acceptors (Lipinski definition) is 8. The lowest BCUT2D eigenvalue weighted by atomic mass is 10.0. The van der Waals surface area contributed by atoms with Gasteiger partial charge in [0.25, 0.3) is 5.56 Å². The molecule has 0 unspecified atom stereocenters. The van der Waals surface area contributed by atoms with Crippen LogP contribution >= 0.6 is 11.3 Å². The van der Waals surface area contributed by atoms with E-state index in [1.165, 1.54) is 29.9 Å². The lowest BCUT2D eigenvalue weighted by molar-refractivity contribution is -0.139. The van der Waals surface area contributed by atoms with Crippen molar-refractivity contribution in [2.75, 3.05) is 13.7 Å². The molecule has 1 aromatic heterocycles. The average Bonchev–Trinajstić information content (AvgIpc) is 3.17. The molecular weight excluding hydrogens is 492 g/mol. The molecular formula is C28H26N2O6S. The zero-order valence-electron chi connectivity index (χ0n) is 20.9. The quantitative estimate of drug-likeness (QED) is 0.351. The van der Waals surface area contributed by atoms with Gasteiger partial charge in [-0.25, -0.2) is 9.79 Å². The van der Waals surface area contributed by atoms with Gasteiger partial charge < -0.3 is 14.2 Å². The minimum atomic E-state index is -0.682. The van der Waals surface area contributed by atoms with Crippen molar-refractivity contribution in [3.05, 3.63) is 96.7 Å². The highest BCUT2D eigenvalue weighted by Gasteiger charge is 2.30. The van der Waals surface area contributed by atoms with Gasteiger partial charge in [-0.2, -0.15) is 0 Å². The Bertz CT molecular complexity index is 1580. The van der Waals surface area contributed by atoms with Crippen molar-refractivity contribution in [2.24, 2.45) is 4.99 Å². The molecule has 0 amide bonds. The van der Waals surface area contributed by atoms with E-state index in [0.29, 0.717) is 31.9 Å². The van der Waals surface area contributed by atoms with Gasteiger partial charge in [0.2, 0.25) is 0 Å². The number of carbonyl (C=O) groups excluding carboxylic acids is 2. The Hall–Kier alpha value is -4.24. The van der Waals surface area contributed by atoms with Crippen LogP contribution in [0.25, 0.3) is 12.2 Å². The van der Waals surface area contributed by atoms with Gasteiger partial charge >= 0.3 is 11.9 Å². The van der Waals surface area contributed by atoms with Crippen LogP contribution in [0.2, 0.25) is 0 Å². The minimum absolute atomic E-state index is 0.209. The number of methoxy groups -OCH3 is 1. The minimum Gasteiger partial charge on any atom is -0.493 e. The number of ether oxygens (including phenoxy) is 3. The van der Waals surface area contributed by atoms with E-state index in [1.807, 2.05) is 42.5 Å². The lowest BCUT2D eigenvalue weighted by Crippen LogP contribution is -2.38. The molecule has 8 nitrogen and oxygen atoms in total. The maximum Gasteiger partial charge on any atom is 0.338 e. The predicted molar refractivity (Wildman–Crippen MR) is 141 cm³/mol. The number of hydrogen-bond donors (Lipinski definition) is 0. The third-order valence-corrected chi connectivity index (χ3v) is 6.55. The molecule has 2 aromatic carbocycles. The van der Waals surface area contributed by atoms with E-state index in [2.05, 4.69) is 4.99 Å². The first-order valence-corrected chi connectivity index (χ1v) is 12.4. The molecule has 0 radical (unpaired) electrons. The lowest BCUT2D eigenvalue weighted by Gasteiger charge is -2.21. The second kappa shape index (κ2) is 11.2. The van der Waals surface area contributed by atoms with Crippen molar-refractivity contribution in [3.8, 4) is 11.5 Å². The third-order valence-electron chi connectivity index (χ3n) is 5.57. The first-order valence-electron chi connectivity index (χ1n) is 11.6. The smallest absolute Gasteiger partial charge is 0.338 e. The van der Waals surface area contributed by atoms with Crippen LogP contribution in [0.15, 0.2) is 75.7 Å². The number of aromatic nitrogens is 1. The summed E-state index contributed by atoms with van der Waals surface area (Å²) in [4.78, 5) is 42.9. The Morgan fingerprint density at radius 1 is 1.11 bits per heavy atom. The Balaban J connectivity index is 1.83. The van der Waals surface area contributed by atoms with Crippen LogP contribution in [0.4, 0.5) is 0 Å². The van der Waals surface area contributed by atoms with Crippen LogP contribution in [0, 0.1) is 0 Å². The van der Waals surface area contributed by atoms with Crippen molar-refractivity contribution in [1.29, 1.82) is 0 Å². The van der Waals surface area contributed by atoms with Gasteiger partial charge in [-0.15, -0.1) is 0 Å². The largest absolute Gasteiger partial charge is 0.493 e. The molecule has 3 aromatic rings. The van der Waals surface area contributed by atoms with E-state index >= 15 is 0 Å². The predicted octanol–water partition coefficient (Wildman–Crippen LogP) is 3.40. The molecule has 4 rings (SSSR count). The Morgan fingerprint density at radius 3 is 2.54 bits per heavy atom. The summed E-state index contributed by atoms with van der Waals surface area (Å²) in [5.74, 6) is -0.322. The molecule has 0 N–H and O–H groups in total. The number of benzene rings is 2. The second-order valence-electron chi connectivity index (χ2n) is 8.12. The van der Waals surface area contributed by atoms with Gasteiger partial charge in [0.05, 0.1) is 35.6 Å². The van der Waals surface area contributed by atoms with Crippen molar-refractivity contribution in [1.82, 2.24) is 4.57 Å². The Kier molecular flexibility index (Phi) is 7.83. The highest BCUT2D eigenvalue weighted by Crippen LogP contribution is 2.29. The molecule has 0 bridgehead atoms. The first-order chi connectivity index (χ1) is 17.8. The van der Waals surface area contributed by atoms with Crippen molar-refractivity contribution >= 4 is 35.4 Å². The van der Waals surface area contributed by atoms with E-state index in [0.717, 1.165) is 5.56 Å². The van der Waals surface area contributed by atoms with Crippen LogP contribution < -0.4 is 24.4 Å². The summed E-state index contributed by atoms with van der Waals surface area (Å²) in [6, 6.07) is 14.0. The zero-order chi connectivity index (χ0) is 26.5. The molecule has 0 saturated heterocycles. The van der Waals surface area contributed by atoms with E-state index in [4.69, 9.17) is 14.2 Å². The van der Waals surface area contributed by atoms with Crippen LogP contribution in [0.5, 0.6) is 11.5 Å². The van der Waals surface area contributed by atoms with Gasteiger partial charge in [-0.1, -0.05) is 59.9 Å². The van der Waals surface area contributed by atoms with E-state index in [9.17, 15) is 14.4 Å². The summed E-state index contributed by atoms with van der Waals surface area (Å²) < 4.78 is 17.7. The van der Waals surface area contributed by atoms with Gasteiger partial charge in [0.1, 0.15) is 0 Å². The SMILES string of the molecule is CCOC(=O)C1=C(C)N=c2sc(=Cc3ccc(OC(C)=O)c(OC)c3)c(=O)n2[C@@H]1/C=C/c1ccccc1. The number of rotatable bonds is 7. The third kappa shape index (κ3) is 5.62. The number of nitrogens with zero attached hydrogens (tertiary/aromatic N) is 2. The molecule has 1 aliphatic rings. The number of carbonyl (C=O) groups is 2. The second-order valence-corrected chi connectivity index (χ2v) is 9.13. The number of fused-ring (bicyclic) bond motifs is 1. The molecule has 0 saturated carbocycles. The summed E-state index contributed by atoms with van der Waals surface area (Å²) in [5.41, 5.74) is 2.14. The molecule has 9 heteroatoms. The van der Waals surface area contributed by atoms with Crippen molar-refractivity contribution < 1.29 is 23.8 Å².